The fraction of sp³-hybridized carbons (Fsp3) is 0.381. The number of piperazine rings is 1. The van der Waals surface area contributed by atoms with Crippen LogP contribution in [0, 0.1) is 11.8 Å². The molecular formula is C21H22BrClN6O. The van der Waals surface area contributed by atoms with E-state index < -0.39 is 0 Å². The van der Waals surface area contributed by atoms with Crippen molar-refractivity contribution in [2.75, 3.05) is 31.1 Å². The van der Waals surface area contributed by atoms with Crippen LogP contribution in [-0.2, 0) is 19.5 Å². The van der Waals surface area contributed by atoms with Crippen LogP contribution in [-0.4, -0.2) is 45.3 Å². The van der Waals surface area contributed by atoms with E-state index in [1.165, 1.54) is 0 Å². The lowest BCUT2D eigenvalue weighted by Gasteiger charge is -2.28. The zero-order chi connectivity index (χ0) is 21.1. The monoisotopic (exact) mass is 488 g/mol. The number of hydrogen-bond acceptors (Lipinski definition) is 5. The number of benzene rings is 1. The molecule has 4 rings (SSSR count). The van der Waals surface area contributed by atoms with Crippen LogP contribution in [0.4, 0.5) is 5.82 Å². The van der Waals surface area contributed by atoms with E-state index >= 15 is 0 Å². The minimum atomic E-state index is -0.141. The highest BCUT2D eigenvalue weighted by molar-refractivity contribution is 9.10. The van der Waals surface area contributed by atoms with Crippen LogP contribution in [0.25, 0.3) is 11.2 Å². The lowest BCUT2D eigenvalue weighted by molar-refractivity contribution is 0.585. The number of halogens is 2. The number of anilines is 1. The summed E-state index contributed by atoms with van der Waals surface area (Å²) in [5, 5.41) is 3.48. The highest BCUT2D eigenvalue weighted by Gasteiger charge is 2.24. The summed E-state index contributed by atoms with van der Waals surface area (Å²) in [5.74, 6) is 6.59. The summed E-state index contributed by atoms with van der Waals surface area (Å²) < 4.78 is 4.38. The van der Waals surface area contributed by atoms with Gasteiger partial charge in [0.15, 0.2) is 11.5 Å². The van der Waals surface area contributed by atoms with Gasteiger partial charge in [0.1, 0.15) is 5.52 Å². The van der Waals surface area contributed by atoms with Crippen LogP contribution in [0.2, 0.25) is 5.28 Å². The second kappa shape index (κ2) is 9.21. The number of hydrogen-bond donors (Lipinski definition) is 1. The standard InChI is InChI=1S/C21H22BrClN6O/c1-2-3-11-28-17-18(27-13-9-24-10-14-27)25-20(23)26-19(17)29(21(28)30)12-8-15-4-6-16(22)7-5-15/h4-7,24H,8-14H2,1H3. The summed E-state index contributed by atoms with van der Waals surface area (Å²) in [6.07, 6.45) is 0.705. The van der Waals surface area contributed by atoms with Crippen molar-refractivity contribution < 1.29 is 0 Å². The van der Waals surface area contributed by atoms with Gasteiger partial charge in [0.05, 0.1) is 6.54 Å². The molecule has 3 heterocycles. The SMILES string of the molecule is CC#CCn1c(=O)n(CCc2ccc(Br)cc2)c2nc(Cl)nc(N3CCNCC3)c21. The maximum absolute atomic E-state index is 13.3. The van der Waals surface area contributed by atoms with Gasteiger partial charge in [0.25, 0.3) is 0 Å². The maximum Gasteiger partial charge on any atom is 0.331 e. The molecule has 1 fully saturated rings. The van der Waals surface area contributed by atoms with Crippen molar-refractivity contribution in [3.05, 3.63) is 50.1 Å². The van der Waals surface area contributed by atoms with Gasteiger partial charge in [-0.25, -0.2) is 4.79 Å². The number of rotatable bonds is 5. The first-order chi connectivity index (χ1) is 14.6. The number of nitrogens with zero attached hydrogens (tertiary/aromatic N) is 5. The Kier molecular flexibility index (Phi) is 6.42. The summed E-state index contributed by atoms with van der Waals surface area (Å²) in [6.45, 7) is 5.85. The summed E-state index contributed by atoms with van der Waals surface area (Å²) in [7, 11) is 0. The molecule has 0 radical (unpaired) electrons. The number of nitrogens with one attached hydrogen (secondary N) is 1. The zero-order valence-electron chi connectivity index (χ0n) is 16.7. The normalized spacial score (nSPS) is 14.0. The van der Waals surface area contributed by atoms with E-state index in [1.807, 2.05) is 24.3 Å². The van der Waals surface area contributed by atoms with Gasteiger partial charge in [0, 0.05) is 37.2 Å². The minimum absolute atomic E-state index is 0.141. The molecule has 0 spiro atoms. The van der Waals surface area contributed by atoms with E-state index in [0.717, 1.165) is 36.2 Å². The van der Waals surface area contributed by atoms with Gasteiger partial charge >= 0.3 is 5.69 Å². The summed E-state index contributed by atoms with van der Waals surface area (Å²) in [5.41, 5.74) is 2.26. The van der Waals surface area contributed by atoms with Crippen molar-refractivity contribution in [2.24, 2.45) is 0 Å². The van der Waals surface area contributed by atoms with Gasteiger partial charge in [-0.15, -0.1) is 5.92 Å². The van der Waals surface area contributed by atoms with Crippen molar-refractivity contribution in [3.63, 3.8) is 0 Å². The predicted octanol–water partition coefficient (Wildman–Crippen LogP) is 2.68. The van der Waals surface area contributed by atoms with E-state index in [-0.39, 0.29) is 11.0 Å². The van der Waals surface area contributed by atoms with Crippen LogP contribution >= 0.6 is 27.5 Å². The van der Waals surface area contributed by atoms with Gasteiger partial charge < -0.3 is 10.2 Å². The van der Waals surface area contributed by atoms with E-state index in [1.54, 1.807) is 16.1 Å². The molecule has 0 aliphatic carbocycles. The van der Waals surface area contributed by atoms with Crippen LogP contribution in [0.3, 0.4) is 0 Å². The Morgan fingerprint density at radius 3 is 2.60 bits per heavy atom. The van der Waals surface area contributed by atoms with Crippen molar-refractivity contribution >= 4 is 44.5 Å². The molecule has 0 bridgehead atoms. The van der Waals surface area contributed by atoms with E-state index in [0.29, 0.717) is 36.5 Å². The number of fused-ring (bicyclic) bond motifs is 1. The highest BCUT2D eigenvalue weighted by Crippen LogP contribution is 2.26. The second-order valence-corrected chi connectivity index (χ2v) is 8.30. The van der Waals surface area contributed by atoms with E-state index in [2.05, 4.69) is 48.0 Å². The van der Waals surface area contributed by atoms with Crippen LogP contribution in [0.5, 0.6) is 0 Å². The predicted molar refractivity (Wildman–Crippen MR) is 123 cm³/mol. The molecule has 7 nitrogen and oxygen atoms in total. The van der Waals surface area contributed by atoms with Gasteiger partial charge in [-0.1, -0.05) is 34.0 Å². The second-order valence-electron chi connectivity index (χ2n) is 7.05. The third-order valence-corrected chi connectivity index (χ3v) is 5.87. The maximum atomic E-state index is 13.3. The summed E-state index contributed by atoms with van der Waals surface area (Å²) in [6, 6.07) is 8.09. The lowest BCUT2D eigenvalue weighted by atomic mass is 10.1. The van der Waals surface area contributed by atoms with E-state index in [9.17, 15) is 4.79 Å². The summed E-state index contributed by atoms with van der Waals surface area (Å²) >= 11 is 9.75. The Morgan fingerprint density at radius 2 is 1.90 bits per heavy atom. The fourth-order valence-electron chi connectivity index (χ4n) is 3.66. The van der Waals surface area contributed by atoms with E-state index in [4.69, 9.17) is 11.6 Å². The van der Waals surface area contributed by atoms with Crippen molar-refractivity contribution in [3.8, 4) is 11.8 Å². The first-order valence-corrected chi connectivity index (χ1v) is 11.0. The minimum Gasteiger partial charge on any atom is -0.352 e. The molecule has 0 atom stereocenters. The van der Waals surface area contributed by atoms with Crippen molar-refractivity contribution in [2.45, 2.75) is 26.4 Å². The summed E-state index contributed by atoms with van der Waals surface area (Å²) in [4.78, 5) is 24.4. The Labute approximate surface area is 188 Å². The molecule has 3 aromatic rings. The molecule has 0 saturated carbocycles. The van der Waals surface area contributed by atoms with Crippen molar-refractivity contribution in [1.82, 2.24) is 24.4 Å². The largest absolute Gasteiger partial charge is 0.352 e. The Morgan fingerprint density at radius 1 is 1.17 bits per heavy atom. The van der Waals surface area contributed by atoms with Crippen molar-refractivity contribution in [1.29, 1.82) is 0 Å². The number of imidazole rings is 1. The molecule has 156 valence electrons. The molecule has 1 N–H and O–H groups in total. The van der Waals surface area contributed by atoms with Crippen LogP contribution < -0.4 is 15.9 Å². The highest BCUT2D eigenvalue weighted by atomic mass is 79.9. The molecular weight excluding hydrogens is 468 g/mol. The average Bonchev–Trinajstić information content (AvgIpc) is 3.02. The van der Waals surface area contributed by atoms with Gasteiger partial charge in [-0.05, 0) is 42.6 Å². The molecule has 2 aromatic heterocycles. The fourth-order valence-corrected chi connectivity index (χ4v) is 4.09. The molecule has 1 aliphatic heterocycles. The molecule has 0 amide bonds. The Balaban J connectivity index is 1.81. The molecule has 1 aliphatic rings. The van der Waals surface area contributed by atoms with Crippen LogP contribution in [0.1, 0.15) is 12.5 Å². The molecule has 9 heteroatoms. The number of aromatic nitrogens is 4. The van der Waals surface area contributed by atoms with Crippen LogP contribution in [0.15, 0.2) is 33.5 Å². The third-order valence-electron chi connectivity index (χ3n) is 5.18. The van der Waals surface area contributed by atoms with Gasteiger partial charge in [-0.2, -0.15) is 9.97 Å². The molecule has 1 saturated heterocycles. The zero-order valence-corrected chi connectivity index (χ0v) is 19.0. The smallest absolute Gasteiger partial charge is 0.331 e. The Hall–Kier alpha value is -2.34. The molecule has 30 heavy (non-hydrogen) atoms. The number of aryl methyl sites for hydroxylation is 2. The quantitative estimate of drug-likeness (QED) is 0.441. The van der Waals surface area contributed by atoms with Gasteiger partial charge in [-0.3, -0.25) is 9.13 Å². The first kappa shape index (κ1) is 20.9. The lowest BCUT2D eigenvalue weighted by Crippen LogP contribution is -2.44. The molecule has 0 unspecified atom stereocenters. The average molecular weight is 490 g/mol. The first-order valence-electron chi connectivity index (χ1n) is 9.85. The third kappa shape index (κ3) is 4.24. The topological polar surface area (TPSA) is 68.0 Å². The Bertz CT molecular complexity index is 1170. The van der Waals surface area contributed by atoms with Gasteiger partial charge in [0.2, 0.25) is 5.28 Å². The molecule has 1 aromatic carbocycles.